The Labute approximate surface area is 195 Å². The number of methoxy groups -OCH3 is 1. The first-order chi connectivity index (χ1) is 16.2. The van der Waals surface area contributed by atoms with Gasteiger partial charge in [0.05, 0.1) is 7.11 Å². The van der Waals surface area contributed by atoms with Gasteiger partial charge in [-0.15, -0.1) is 0 Å². The predicted molar refractivity (Wildman–Crippen MR) is 128 cm³/mol. The van der Waals surface area contributed by atoms with Gasteiger partial charge in [-0.25, -0.2) is 0 Å². The maximum atomic E-state index is 12.9. The van der Waals surface area contributed by atoms with Crippen molar-refractivity contribution < 1.29 is 17.9 Å². The maximum absolute atomic E-state index is 12.9. The Morgan fingerprint density at radius 1 is 1.00 bits per heavy atom. The molecular weight excluding hydrogens is 441 g/mol. The molecule has 0 aliphatic carbocycles. The molecule has 0 aliphatic rings. The zero-order chi connectivity index (χ0) is 24.3. The molecule has 1 heterocycles. The van der Waals surface area contributed by atoms with Crippen molar-refractivity contribution >= 4 is 10.8 Å². The van der Waals surface area contributed by atoms with Gasteiger partial charge in [0.15, 0.2) is 0 Å². The summed E-state index contributed by atoms with van der Waals surface area (Å²) in [6.07, 6.45) is -3.26. The molecule has 0 aliphatic heterocycles. The van der Waals surface area contributed by atoms with E-state index in [4.69, 9.17) is 4.74 Å². The van der Waals surface area contributed by atoms with Crippen LogP contribution in [0.1, 0.15) is 24.1 Å². The SMILES string of the molecule is COc1ccc(CNC(C)c2cccc3ccccc23)cc1-c1ccc(=O)n(CC(F)(F)F)c1. The number of fused-ring (bicyclic) bond motifs is 1. The molecule has 3 aromatic carbocycles. The third-order valence-electron chi connectivity index (χ3n) is 5.81. The molecule has 176 valence electrons. The second-order valence-corrected chi connectivity index (χ2v) is 8.20. The number of hydrogen-bond acceptors (Lipinski definition) is 3. The fourth-order valence-electron chi connectivity index (χ4n) is 4.11. The number of pyridine rings is 1. The number of benzene rings is 3. The summed E-state index contributed by atoms with van der Waals surface area (Å²) in [6.45, 7) is 1.30. The summed E-state index contributed by atoms with van der Waals surface area (Å²) in [7, 11) is 1.51. The van der Waals surface area contributed by atoms with Crippen LogP contribution in [0.25, 0.3) is 21.9 Å². The van der Waals surface area contributed by atoms with Gasteiger partial charge in [0, 0.05) is 36.0 Å². The van der Waals surface area contributed by atoms with Crippen molar-refractivity contribution in [2.45, 2.75) is 32.2 Å². The van der Waals surface area contributed by atoms with E-state index in [9.17, 15) is 18.0 Å². The zero-order valence-electron chi connectivity index (χ0n) is 18.9. The molecule has 7 heteroatoms. The molecule has 0 saturated carbocycles. The molecule has 0 amide bonds. The number of aromatic nitrogens is 1. The van der Waals surface area contributed by atoms with Crippen LogP contribution in [0.3, 0.4) is 0 Å². The molecule has 4 aromatic rings. The molecule has 0 fully saturated rings. The molecule has 0 radical (unpaired) electrons. The van der Waals surface area contributed by atoms with E-state index in [0.717, 1.165) is 11.6 Å². The zero-order valence-corrected chi connectivity index (χ0v) is 18.9. The molecule has 1 unspecified atom stereocenters. The molecule has 1 N–H and O–H groups in total. The molecule has 4 nitrogen and oxygen atoms in total. The molecule has 0 bridgehead atoms. The summed E-state index contributed by atoms with van der Waals surface area (Å²) in [5, 5.41) is 5.89. The van der Waals surface area contributed by atoms with Crippen LogP contribution in [0.2, 0.25) is 0 Å². The number of nitrogens with zero attached hydrogens (tertiary/aromatic N) is 1. The van der Waals surface area contributed by atoms with Gasteiger partial charge in [0.2, 0.25) is 0 Å². The van der Waals surface area contributed by atoms with Crippen LogP contribution in [0.15, 0.2) is 83.8 Å². The van der Waals surface area contributed by atoms with Crippen molar-refractivity contribution in [1.82, 2.24) is 9.88 Å². The molecule has 1 aromatic heterocycles. The largest absolute Gasteiger partial charge is 0.496 e. The maximum Gasteiger partial charge on any atom is 0.406 e. The number of halogens is 3. The lowest BCUT2D eigenvalue weighted by molar-refractivity contribution is -0.141. The number of ether oxygens (including phenoxy) is 1. The first-order valence-electron chi connectivity index (χ1n) is 10.9. The van der Waals surface area contributed by atoms with E-state index in [1.165, 1.54) is 35.7 Å². The summed E-state index contributed by atoms with van der Waals surface area (Å²) in [4.78, 5) is 11.9. The van der Waals surface area contributed by atoms with Gasteiger partial charge < -0.3 is 14.6 Å². The van der Waals surface area contributed by atoms with Crippen molar-refractivity contribution in [2.75, 3.05) is 7.11 Å². The Bertz CT molecular complexity index is 1360. The van der Waals surface area contributed by atoms with Crippen LogP contribution >= 0.6 is 0 Å². The van der Waals surface area contributed by atoms with Crippen LogP contribution in [-0.2, 0) is 13.1 Å². The fourth-order valence-corrected chi connectivity index (χ4v) is 4.11. The topological polar surface area (TPSA) is 43.3 Å². The second kappa shape index (κ2) is 9.73. The number of rotatable bonds is 7. The highest BCUT2D eigenvalue weighted by molar-refractivity contribution is 5.86. The average molecular weight is 467 g/mol. The Morgan fingerprint density at radius 2 is 1.76 bits per heavy atom. The van der Waals surface area contributed by atoms with Gasteiger partial charge in [-0.3, -0.25) is 4.79 Å². The Balaban J connectivity index is 1.60. The quantitative estimate of drug-likeness (QED) is 0.358. The average Bonchev–Trinajstić information content (AvgIpc) is 2.82. The van der Waals surface area contributed by atoms with Crippen LogP contribution in [-0.4, -0.2) is 17.9 Å². The summed E-state index contributed by atoms with van der Waals surface area (Å²) < 4.78 is 44.8. The normalized spacial score (nSPS) is 12.6. The highest BCUT2D eigenvalue weighted by Gasteiger charge is 2.28. The van der Waals surface area contributed by atoms with Crippen LogP contribution in [0, 0.1) is 0 Å². The summed E-state index contributed by atoms with van der Waals surface area (Å²) in [6, 6.07) is 22.8. The third kappa shape index (κ3) is 5.31. The van der Waals surface area contributed by atoms with E-state index >= 15 is 0 Å². The Morgan fingerprint density at radius 3 is 2.53 bits per heavy atom. The van der Waals surface area contributed by atoms with Gasteiger partial charge in [0.1, 0.15) is 12.3 Å². The number of nitrogens with one attached hydrogen (secondary N) is 1. The van der Waals surface area contributed by atoms with E-state index in [1.807, 2.05) is 30.3 Å². The van der Waals surface area contributed by atoms with E-state index in [1.54, 1.807) is 6.07 Å². The van der Waals surface area contributed by atoms with Crippen molar-refractivity contribution in [3.05, 3.63) is 100 Å². The van der Waals surface area contributed by atoms with Crippen LogP contribution in [0.5, 0.6) is 5.75 Å². The van der Waals surface area contributed by atoms with Crippen LogP contribution in [0.4, 0.5) is 13.2 Å². The monoisotopic (exact) mass is 466 g/mol. The van der Waals surface area contributed by atoms with Gasteiger partial charge in [0.25, 0.3) is 5.56 Å². The lowest BCUT2D eigenvalue weighted by atomic mass is 9.99. The molecule has 34 heavy (non-hydrogen) atoms. The lowest BCUT2D eigenvalue weighted by Gasteiger charge is -2.18. The fraction of sp³-hybridized carbons (Fsp3) is 0.222. The van der Waals surface area contributed by atoms with E-state index < -0.39 is 18.3 Å². The van der Waals surface area contributed by atoms with Gasteiger partial charge in [-0.05, 0) is 47.0 Å². The highest BCUT2D eigenvalue weighted by Crippen LogP contribution is 2.31. The highest BCUT2D eigenvalue weighted by atomic mass is 19.4. The number of alkyl halides is 3. The molecule has 4 rings (SSSR count). The van der Waals surface area contributed by atoms with Gasteiger partial charge >= 0.3 is 6.18 Å². The first kappa shape index (κ1) is 23.6. The summed E-state index contributed by atoms with van der Waals surface area (Å²) in [5.41, 5.74) is 2.52. The number of hydrogen-bond donors (Lipinski definition) is 1. The standard InChI is InChI=1S/C27H25F3N2O2/c1-18(22-9-5-7-20-6-3-4-8-23(20)22)31-15-19-10-12-25(34-2)24(14-19)21-11-13-26(33)32(16-21)17-27(28,29)30/h3-14,16,18,31H,15,17H2,1-2H3. The van der Waals surface area contributed by atoms with Gasteiger partial charge in [-0.2, -0.15) is 13.2 Å². The van der Waals surface area contributed by atoms with Crippen molar-refractivity contribution in [2.24, 2.45) is 0 Å². The van der Waals surface area contributed by atoms with E-state index in [2.05, 4.69) is 36.5 Å². The minimum atomic E-state index is -4.49. The Hall–Kier alpha value is -3.58. The first-order valence-corrected chi connectivity index (χ1v) is 10.9. The third-order valence-corrected chi connectivity index (χ3v) is 5.81. The van der Waals surface area contributed by atoms with Crippen molar-refractivity contribution in [3.8, 4) is 16.9 Å². The molecule has 0 spiro atoms. The lowest BCUT2D eigenvalue weighted by Crippen LogP contribution is -2.27. The second-order valence-electron chi connectivity index (χ2n) is 8.20. The van der Waals surface area contributed by atoms with Crippen molar-refractivity contribution in [1.29, 1.82) is 0 Å². The smallest absolute Gasteiger partial charge is 0.406 e. The van der Waals surface area contributed by atoms with Crippen molar-refractivity contribution in [3.63, 3.8) is 0 Å². The molecule has 1 atom stereocenters. The predicted octanol–water partition coefficient (Wildman–Crippen LogP) is 6.09. The molecule has 0 saturated heterocycles. The van der Waals surface area contributed by atoms with E-state index in [0.29, 0.717) is 28.0 Å². The summed E-state index contributed by atoms with van der Waals surface area (Å²) in [5.74, 6) is 0.517. The minimum absolute atomic E-state index is 0.0744. The molecular formula is C27H25F3N2O2. The van der Waals surface area contributed by atoms with Gasteiger partial charge in [-0.1, -0.05) is 48.5 Å². The Kier molecular flexibility index (Phi) is 6.75. The van der Waals surface area contributed by atoms with E-state index in [-0.39, 0.29) is 6.04 Å². The minimum Gasteiger partial charge on any atom is -0.496 e. The summed E-state index contributed by atoms with van der Waals surface area (Å²) >= 11 is 0. The van der Waals surface area contributed by atoms with Crippen LogP contribution < -0.4 is 15.6 Å².